The number of fused-ring (bicyclic) bond motifs is 1. The van der Waals surface area contributed by atoms with E-state index in [9.17, 15) is 4.79 Å². The highest BCUT2D eigenvalue weighted by molar-refractivity contribution is 5.74. The molecule has 1 atom stereocenters. The van der Waals surface area contributed by atoms with Crippen LogP contribution < -0.4 is 10.6 Å². The van der Waals surface area contributed by atoms with Gasteiger partial charge in [-0.1, -0.05) is 13.3 Å². The van der Waals surface area contributed by atoms with Crippen molar-refractivity contribution in [3.8, 4) is 0 Å². The average Bonchev–Trinajstić information content (AvgIpc) is 3.04. The van der Waals surface area contributed by atoms with E-state index in [4.69, 9.17) is 0 Å². The highest BCUT2D eigenvalue weighted by atomic mass is 16.2. The van der Waals surface area contributed by atoms with E-state index in [1.165, 1.54) is 32.4 Å². The Kier molecular flexibility index (Phi) is 6.07. The molecule has 0 aliphatic carbocycles. The second-order valence-corrected chi connectivity index (χ2v) is 6.81. The van der Waals surface area contributed by atoms with Crippen LogP contribution in [-0.4, -0.2) is 51.9 Å². The molecule has 0 radical (unpaired) electrons. The Morgan fingerprint density at radius 1 is 1.21 bits per heavy atom. The molecular formula is C17H30N6O. The number of carbonyl (C=O) groups excluding carboxylic acids is 1. The van der Waals surface area contributed by atoms with E-state index in [1.54, 1.807) is 0 Å². The number of aryl methyl sites for hydroxylation is 2. The summed E-state index contributed by atoms with van der Waals surface area (Å²) in [4.78, 5) is 19.2. The molecule has 1 saturated heterocycles. The van der Waals surface area contributed by atoms with E-state index >= 15 is 0 Å². The van der Waals surface area contributed by atoms with Crippen LogP contribution in [0.4, 0.5) is 4.79 Å². The standard InChI is InChI=1S/C17H30N6O/c1-2-15-20-16-14(8-6-13-23(16)21-15)19-17(24)18-9-7-12-22-10-4-3-5-11-22/h14H,2-13H2,1H3,(H2,18,19,24)/t14-/m1/s1. The van der Waals surface area contributed by atoms with Gasteiger partial charge in [-0.3, -0.25) is 0 Å². The number of urea groups is 1. The molecule has 7 heteroatoms. The number of hydrogen-bond donors (Lipinski definition) is 2. The number of amides is 2. The number of rotatable bonds is 6. The Morgan fingerprint density at radius 3 is 2.83 bits per heavy atom. The maximum Gasteiger partial charge on any atom is 0.315 e. The van der Waals surface area contributed by atoms with Gasteiger partial charge in [-0.25, -0.2) is 14.5 Å². The lowest BCUT2D eigenvalue weighted by molar-refractivity contribution is 0.220. The fourth-order valence-corrected chi connectivity index (χ4v) is 3.58. The highest BCUT2D eigenvalue weighted by Crippen LogP contribution is 2.23. The van der Waals surface area contributed by atoms with Crippen LogP contribution in [0.2, 0.25) is 0 Å². The second kappa shape index (κ2) is 8.46. The summed E-state index contributed by atoms with van der Waals surface area (Å²) >= 11 is 0. The van der Waals surface area contributed by atoms with Crippen molar-refractivity contribution in [2.45, 2.75) is 64.5 Å². The fraction of sp³-hybridized carbons (Fsp3) is 0.824. The number of nitrogens with one attached hydrogen (secondary N) is 2. The van der Waals surface area contributed by atoms with Crippen molar-refractivity contribution in [3.05, 3.63) is 11.6 Å². The molecule has 2 amide bonds. The maximum atomic E-state index is 12.2. The van der Waals surface area contributed by atoms with Gasteiger partial charge in [-0.05, 0) is 51.7 Å². The molecule has 24 heavy (non-hydrogen) atoms. The van der Waals surface area contributed by atoms with Crippen molar-refractivity contribution in [3.63, 3.8) is 0 Å². The summed E-state index contributed by atoms with van der Waals surface area (Å²) < 4.78 is 1.95. The van der Waals surface area contributed by atoms with E-state index in [1.807, 2.05) is 4.68 Å². The van der Waals surface area contributed by atoms with Crippen LogP contribution >= 0.6 is 0 Å². The largest absolute Gasteiger partial charge is 0.338 e. The van der Waals surface area contributed by atoms with E-state index in [-0.39, 0.29) is 12.1 Å². The molecule has 1 aromatic heterocycles. The van der Waals surface area contributed by atoms with E-state index in [0.29, 0.717) is 0 Å². The Morgan fingerprint density at radius 2 is 2.04 bits per heavy atom. The number of nitrogens with zero attached hydrogens (tertiary/aromatic N) is 4. The van der Waals surface area contributed by atoms with E-state index in [2.05, 4.69) is 32.5 Å². The third-order valence-electron chi connectivity index (χ3n) is 4.93. The summed E-state index contributed by atoms with van der Waals surface area (Å²) in [5, 5.41) is 10.5. The third-order valence-corrected chi connectivity index (χ3v) is 4.93. The van der Waals surface area contributed by atoms with Gasteiger partial charge in [0.25, 0.3) is 0 Å². The molecule has 1 fully saturated rings. The van der Waals surface area contributed by atoms with Crippen LogP contribution in [0.5, 0.6) is 0 Å². The summed E-state index contributed by atoms with van der Waals surface area (Å²) in [5.74, 6) is 1.77. The van der Waals surface area contributed by atoms with Gasteiger partial charge in [0.1, 0.15) is 5.82 Å². The molecule has 0 unspecified atom stereocenters. The fourth-order valence-electron chi connectivity index (χ4n) is 3.58. The smallest absolute Gasteiger partial charge is 0.315 e. The summed E-state index contributed by atoms with van der Waals surface area (Å²) in [6.45, 7) is 7.18. The number of piperidine rings is 1. The summed E-state index contributed by atoms with van der Waals surface area (Å²) in [6, 6.07) is -0.109. The first kappa shape index (κ1) is 17.2. The van der Waals surface area contributed by atoms with E-state index in [0.717, 1.165) is 57.0 Å². The summed E-state index contributed by atoms with van der Waals surface area (Å²) in [6.07, 6.45) is 7.79. The van der Waals surface area contributed by atoms with Crippen LogP contribution in [0.3, 0.4) is 0 Å². The molecule has 2 aliphatic heterocycles. The van der Waals surface area contributed by atoms with Crippen LogP contribution in [0.15, 0.2) is 0 Å². The van der Waals surface area contributed by atoms with Crippen molar-refractivity contribution in [2.24, 2.45) is 0 Å². The predicted molar refractivity (Wildman–Crippen MR) is 92.8 cm³/mol. The van der Waals surface area contributed by atoms with Gasteiger partial charge >= 0.3 is 6.03 Å². The first-order valence-corrected chi connectivity index (χ1v) is 9.46. The van der Waals surface area contributed by atoms with Gasteiger partial charge in [0.05, 0.1) is 6.04 Å². The van der Waals surface area contributed by atoms with Gasteiger partial charge in [0.15, 0.2) is 5.82 Å². The van der Waals surface area contributed by atoms with Crippen molar-refractivity contribution < 1.29 is 4.79 Å². The first-order valence-electron chi connectivity index (χ1n) is 9.46. The van der Waals surface area contributed by atoms with E-state index < -0.39 is 0 Å². The zero-order valence-electron chi connectivity index (χ0n) is 14.8. The molecule has 7 nitrogen and oxygen atoms in total. The molecule has 2 aliphatic rings. The van der Waals surface area contributed by atoms with Crippen LogP contribution in [0.1, 0.15) is 63.1 Å². The molecule has 0 saturated carbocycles. The molecule has 0 bridgehead atoms. The molecule has 0 aromatic carbocycles. The van der Waals surface area contributed by atoms with Gasteiger partial charge in [-0.2, -0.15) is 5.10 Å². The molecule has 0 spiro atoms. The average molecular weight is 334 g/mol. The Hall–Kier alpha value is -1.63. The lowest BCUT2D eigenvalue weighted by atomic mass is 10.1. The molecule has 1 aromatic rings. The number of carbonyl (C=O) groups is 1. The van der Waals surface area contributed by atoms with Gasteiger partial charge in [-0.15, -0.1) is 0 Å². The Labute approximate surface area is 144 Å². The van der Waals surface area contributed by atoms with Crippen molar-refractivity contribution >= 4 is 6.03 Å². The quantitative estimate of drug-likeness (QED) is 0.779. The van der Waals surface area contributed by atoms with Crippen LogP contribution in [0.25, 0.3) is 0 Å². The molecule has 2 N–H and O–H groups in total. The molecular weight excluding hydrogens is 304 g/mol. The van der Waals surface area contributed by atoms with Gasteiger partial charge in [0.2, 0.25) is 0 Å². The van der Waals surface area contributed by atoms with Gasteiger partial charge in [0, 0.05) is 19.5 Å². The normalized spacial score (nSPS) is 21.3. The van der Waals surface area contributed by atoms with Crippen molar-refractivity contribution in [2.75, 3.05) is 26.2 Å². The number of hydrogen-bond acceptors (Lipinski definition) is 4. The van der Waals surface area contributed by atoms with Gasteiger partial charge < -0.3 is 15.5 Å². The van der Waals surface area contributed by atoms with Crippen molar-refractivity contribution in [1.82, 2.24) is 30.3 Å². The lowest BCUT2D eigenvalue weighted by Crippen LogP contribution is -2.41. The minimum atomic E-state index is -0.0897. The summed E-state index contributed by atoms with van der Waals surface area (Å²) in [7, 11) is 0. The van der Waals surface area contributed by atoms with Crippen LogP contribution in [-0.2, 0) is 13.0 Å². The lowest BCUT2D eigenvalue weighted by Gasteiger charge is -2.26. The number of aromatic nitrogens is 3. The number of likely N-dealkylation sites (tertiary alicyclic amines) is 1. The Balaban J connectivity index is 1.40. The summed E-state index contributed by atoms with van der Waals surface area (Å²) in [5.41, 5.74) is 0. The Bertz CT molecular complexity index is 537. The molecule has 3 rings (SSSR count). The molecule has 134 valence electrons. The first-order chi connectivity index (χ1) is 11.8. The minimum absolute atomic E-state index is 0.0198. The topological polar surface area (TPSA) is 75.1 Å². The SMILES string of the molecule is CCc1nc2n(n1)CCC[C@H]2NC(=O)NCCCN1CCCCC1. The zero-order valence-corrected chi connectivity index (χ0v) is 14.8. The zero-order chi connectivity index (χ0) is 16.8. The molecule has 3 heterocycles. The predicted octanol–water partition coefficient (Wildman–Crippen LogP) is 1.85. The highest BCUT2D eigenvalue weighted by Gasteiger charge is 2.25. The third kappa shape index (κ3) is 4.47. The monoisotopic (exact) mass is 334 g/mol. The van der Waals surface area contributed by atoms with Crippen LogP contribution in [0, 0.1) is 0 Å². The minimum Gasteiger partial charge on any atom is -0.338 e. The second-order valence-electron chi connectivity index (χ2n) is 6.81. The van der Waals surface area contributed by atoms with Crippen molar-refractivity contribution in [1.29, 1.82) is 0 Å². The maximum absolute atomic E-state index is 12.2.